The van der Waals surface area contributed by atoms with Gasteiger partial charge >= 0.3 is 6.36 Å². The third kappa shape index (κ3) is 3.73. The lowest BCUT2D eigenvalue weighted by Gasteiger charge is -2.40. The monoisotopic (exact) mass is 495 g/mol. The summed E-state index contributed by atoms with van der Waals surface area (Å²) >= 11 is 5.85. The number of rotatable bonds is 4. The molecule has 5 nitrogen and oxygen atoms in total. The quantitative estimate of drug-likeness (QED) is 0.425. The lowest BCUT2D eigenvalue weighted by molar-refractivity contribution is -0.274. The number of imide groups is 1. The van der Waals surface area contributed by atoms with E-state index in [4.69, 9.17) is 11.6 Å². The van der Waals surface area contributed by atoms with Gasteiger partial charge in [0, 0.05) is 11.5 Å². The van der Waals surface area contributed by atoms with Crippen LogP contribution in [0.3, 0.4) is 0 Å². The topological polar surface area (TPSA) is 66.8 Å². The molecule has 1 aliphatic carbocycles. The number of phenolic OH excluding ortho intramolecular Hbond substituents is 1. The number of fused-ring (bicyclic) bond motifs is 1. The molecule has 0 bridgehead atoms. The maximum Gasteiger partial charge on any atom is 0.573 e. The van der Waals surface area contributed by atoms with Crippen LogP contribution in [0, 0.1) is 17.2 Å². The first-order chi connectivity index (χ1) is 15.9. The Labute approximate surface area is 196 Å². The molecule has 2 aromatic rings. The highest BCUT2D eigenvalue weighted by Crippen LogP contribution is 2.58. The van der Waals surface area contributed by atoms with Crippen LogP contribution >= 0.6 is 11.6 Å². The Kier molecular flexibility index (Phi) is 5.72. The lowest BCUT2D eigenvalue weighted by Crippen LogP contribution is -2.41. The first kappa shape index (κ1) is 23.8. The average molecular weight is 496 g/mol. The fraction of sp³-hybridized carbons (Fsp3) is 0.250. The SMILES string of the molecule is C=CC1=CCC2C(=O)N(c3ccc(F)c(Cl)c3)C(=O)C2(C)C1c1cc(OC(F)(F)F)ccc1O. The molecule has 1 N–H and O–H groups in total. The molecule has 1 fully saturated rings. The van der Waals surface area contributed by atoms with Crippen molar-refractivity contribution >= 4 is 29.1 Å². The molecular weight excluding hydrogens is 478 g/mol. The molecule has 0 saturated carbocycles. The van der Waals surface area contributed by atoms with Gasteiger partial charge in [-0.05, 0) is 55.3 Å². The van der Waals surface area contributed by atoms with Crippen LogP contribution in [-0.2, 0) is 9.59 Å². The van der Waals surface area contributed by atoms with Gasteiger partial charge < -0.3 is 9.84 Å². The number of alkyl halides is 3. The van der Waals surface area contributed by atoms with Gasteiger partial charge in [0.2, 0.25) is 11.8 Å². The summed E-state index contributed by atoms with van der Waals surface area (Å²) in [5.74, 6) is -4.84. The number of aromatic hydroxyl groups is 1. The van der Waals surface area contributed by atoms with E-state index >= 15 is 0 Å². The van der Waals surface area contributed by atoms with Crippen molar-refractivity contribution in [2.45, 2.75) is 25.6 Å². The van der Waals surface area contributed by atoms with Crippen molar-refractivity contribution in [3.63, 3.8) is 0 Å². The zero-order valence-electron chi connectivity index (χ0n) is 17.7. The predicted octanol–water partition coefficient (Wildman–Crippen LogP) is 5.88. The van der Waals surface area contributed by atoms with Crippen LogP contribution in [0.5, 0.6) is 11.5 Å². The second kappa shape index (κ2) is 8.16. The highest BCUT2D eigenvalue weighted by molar-refractivity contribution is 6.31. The summed E-state index contributed by atoms with van der Waals surface area (Å²) in [6.07, 6.45) is -1.73. The Morgan fingerprint density at radius 3 is 2.56 bits per heavy atom. The molecule has 34 heavy (non-hydrogen) atoms. The molecule has 1 saturated heterocycles. The molecule has 1 aliphatic heterocycles. The minimum Gasteiger partial charge on any atom is -0.508 e. The molecular formula is C24H18ClF4NO4. The number of benzene rings is 2. The second-order valence-electron chi connectivity index (χ2n) is 8.26. The number of amides is 2. The van der Waals surface area contributed by atoms with Crippen molar-refractivity contribution in [2.24, 2.45) is 11.3 Å². The molecule has 3 unspecified atom stereocenters. The van der Waals surface area contributed by atoms with Crippen LogP contribution in [-0.4, -0.2) is 23.3 Å². The zero-order valence-corrected chi connectivity index (χ0v) is 18.5. The van der Waals surface area contributed by atoms with E-state index in [1.807, 2.05) is 0 Å². The van der Waals surface area contributed by atoms with E-state index in [0.717, 1.165) is 35.2 Å². The normalized spacial score (nSPS) is 24.6. The Balaban J connectivity index is 1.86. The highest BCUT2D eigenvalue weighted by Gasteiger charge is 2.62. The fourth-order valence-corrected chi connectivity index (χ4v) is 5.00. The van der Waals surface area contributed by atoms with Crippen LogP contribution in [0.4, 0.5) is 23.2 Å². The highest BCUT2D eigenvalue weighted by atomic mass is 35.5. The molecule has 1 heterocycles. The van der Waals surface area contributed by atoms with Gasteiger partial charge in [-0.2, -0.15) is 0 Å². The van der Waals surface area contributed by atoms with Crippen LogP contribution in [0.25, 0.3) is 0 Å². The van der Waals surface area contributed by atoms with E-state index in [2.05, 4.69) is 11.3 Å². The number of ether oxygens (including phenoxy) is 1. The van der Waals surface area contributed by atoms with E-state index < -0.39 is 47.0 Å². The van der Waals surface area contributed by atoms with Gasteiger partial charge in [0.1, 0.15) is 17.3 Å². The number of hydrogen-bond acceptors (Lipinski definition) is 4. The molecule has 178 valence electrons. The third-order valence-corrected chi connectivity index (χ3v) is 6.66. The van der Waals surface area contributed by atoms with Crippen molar-refractivity contribution < 1.29 is 37.0 Å². The number of carbonyl (C=O) groups excluding carboxylic acids is 2. The summed E-state index contributed by atoms with van der Waals surface area (Å²) in [6, 6.07) is 6.39. The zero-order chi connectivity index (χ0) is 25.0. The van der Waals surface area contributed by atoms with Gasteiger partial charge in [0.25, 0.3) is 0 Å². The Bertz CT molecular complexity index is 1240. The van der Waals surface area contributed by atoms with Crippen LogP contribution in [0.15, 0.2) is 60.7 Å². The first-order valence-electron chi connectivity index (χ1n) is 10.1. The fourth-order valence-electron chi connectivity index (χ4n) is 4.82. The Hall–Kier alpha value is -3.33. The molecule has 0 spiro atoms. The molecule has 10 heteroatoms. The standard InChI is InChI=1S/C24H18ClF4NO4/c1-3-12-4-7-16-21(32)30(13-5-8-18(26)17(25)10-13)22(33)23(16,2)20(12)15-11-14(6-9-19(15)31)34-24(27,28)29/h3-6,8-11,16,20,31H,1,7H2,2H3. The van der Waals surface area contributed by atoms with E-state index in [1.54, 1.807) is 6.08 Å². The van der Waals surface area contributed by atoms with Crippen molar-refractivity contribution in [1.29, 1.82) is 0 Å². The summed E-state index contributed by atoms with van der Waals surface area (Å²) in [5.41, 5.74) is -1.00. The van der Waals surface area contributed by atoms with Gasteiger partial charge in [-0.15, -0.1) is 13.2 Å². The largest absolute Gasteiger partial charge is 0.573 e. The lowest BCUT2D eigenvalue weighted by atomic mass is 9.60. The molecule has 2 amide bonds. The van der Waals surface area contributed by atoms with E-state index in [0.29, 0.717) is 5.57 Å². The minimum absolute atomic E-state index is 0.0276. The summed E-state index contributed by atoms with van der Waals surface area (Å²) in [4.78, 5) is 28.0. The molecule has 0 aromatic heterocycles. The molecule has 2 aliphatic rings. The van der Waals surface area contributed by atoms with Crippen molar-refractivity contribution in [3.8, 4) is 11.5 Å². The van der Waals surface area contributed by atoms with Crippen LogP contribution in [0.2, 0.25) is 5.02 Å². The number of carbonyl (C=O) groups is 2. The maximum atomic E-state index is 13.8. The van der Waals surface area contributed by atoms with Gasteiger partial charge in [0.05, 0.1) is 22.0 Å². The van der Waals surface area contributed by atoms with Gasteiger partial charge in [-0.25, -0.2) is 9.29 Å². The number of anilines is 1. The summed E-state index contributed by atoms with van der Waals surface area (Å²) in [7, 11) is 0. The van der Waals surface area contributed by atoms with Gasteiger partial charge in [0.15, 0.2) is 0 Å². The van der Waals surface area contributed by atoms with Crippen molar-refractivity contribution in [3.05, 3.63) is 77.1 Å². The van der Waals surface area contributed by atoms with Crippen LogP contribution < -0.4 is 9.64 Å². The van der Waals surface area contributed by atoms with Gasteiger partial charge in [-0.1, -0.05) is 30.3 Å². The van der Waals surface area contributed by atoms with E-state index in [9.17, 15) is 32.3 Å². The molecule has 2 aromatic carbocycles. The van der Waals surface area contributed by atoms with Crippen LogP contribution in [0.1, 0.15) is 24.8 Å². The van der Waals surface area contributed by atoms with E-state index in [1.165, 1.54) is 19.1 Å². The van der Waals surface area contributed by atoms with Crippen molar-refractivity contribution in [2.75, 3.05) is 4.90 Å². The van der Waals surface area contributed by atoms with Crippen molar-refractivity contribution in [1.82, 2.24) is 0 Å². The summed E-state index contributed by atoms with van der Waals surface area (Å²) < 4.78 is 56.1. The first-order valence-corrected chi connectivity index (χ1v) is 10.5. The maximum absolute atomic E-state index is 13.8. The number of halogens is 5. The number of allylic oxidation sites excluding steroid dienone is 3. The predicted molar refractivity (Wildman–Crippen MR) is 116 cm³/mol. The summed E-state index contributed by atoms with van der Waals surface area (Å²) in [5, 5.41) is 10.3. The van der Waals surface area contributed by atoms with Gasteiger partial charge in [-0.3, -0.25) is 9.59 Å². The number of hydrogen-bond donors (Lipinski definition) is 1. The smallest absolute Gasteiger partial charge is 0.508 e. The second-order valence-corrected chi connectivity index (χ2v) is 8.67. The average Bonchev–Trinajstić information content (AvgIpc) is 2.95. The Morgan fingerprint density at radius 2 is 1.94 bits per heavy atom. The minimum atomic E-state index is -4.97. The van der Waals surface area contributed by atoms with E-state index in [-0.39, 0.29) is 28.4 Å². The molecule has 4 rings (SSSR count). The third-order valence-electron chi connectivity index (χ3n) is 6.37. The number of nitrogens with zero attached hydrogens (tertiary/aromatic N) is 1. The molecule has 0 radical (unpaired) electrons. The number of phenols is 1. The Morgan fingerprint density at radius 1 is 1.24 bits per heavy atom. The summed E-state index contributed by atoms with van der Waals surface area (Å²) in [6.45, 7) is 5.24. The molecule has 3 atom stereocenters.